The molecule has 0 fully saturated rings. The van der Waals surface area contributed by atoms with E-state index in [4.69, 9.17) is 5.11 Å². The second kappa shape index (κ2) is 8.70. The summed E-state index contributed by atoms with van der Waals surface area (Å²) >= 11 is 3.37. The fourth-order valence-corrected chi connectivity index (χ4v) is 3.14. The maximum absolute atomic E-state index is 12.8. The van der Waals surface area contributed by atoms with Gasteiger partial charge in [0, 0.05) is 28.2 Å². The molecule has 2 aromatic carbocycles. The zero-order valence-corrected chi connectivity index (χ0v) is 16.6. The Balaban J connectivity index is 2.00. The Morgan fingerprint density at radius 1 is 1.07 bits per heavy atom. The molecule has 0 spiro atoms. The van der Waals surface area contributed by atoms with E-state index < -0.39 is 16.8 Å². The van der Waals surface area contributed by atoms with Crippen LogP contribution in [0.15, 0.2) is 65.1 Å². The zero-order valence-electron chi connectivity index (χ0n) is 15.0. The summed E-state index contributed by atoms with van der Waals surface area (Å²) in [4.78, 5) is 34.4. The van der Waals surface area contributed by atoms with Crippen molar-refractivity contribution in [3.63, 3.8) is 0 Å². The normalized spacial score (nSPS) is 10.5. The van der Waals surface area contributed by atoms with Gasteiger partial charge in [-0.25, -0.2) is 0 Å². The minimum absolute atomic E-state index is 0.0860. The number of nitrogens with one attached hydrogen (secondary N) is 1. The number of carbonyl (C=O) groups is 2. The maximum Gasteiger partial charge on any atom is 0.303 e. The van der Waals surface area contributed by atoms with Crippen LogP contribution in [0.25, 0.3) is 11.3 Å². The van der Waals surface area contributed by atoms with E-state index in [2.05, 4.69) is 21.4 Å². The highest BCUT2D eigenvalue weighted by Crippen LogP contribution is 2.25. The van der Waals surface area contributed by atoms with Crippen molar-refractivity contribution in [2.75, 3.05) is 5.43 Å². The van der Waals surface area contributed by atoms with E-state index in [0.29, 0.717) is 11.4 Å². The third-order valence-electron chi connectivity index (χ3n) is 4.26. The van der Waals surface area contributed by atoms with Crippen LogP contribution < -0.4 is 5.43 Å². The quantitative estimate of drug-likeness (QED) is 0.406. The standard InChI is InChI=1S/C20H16BrN3O5/c21-14-7-5-13(6-8-14)17-11-9-15(10-12-19(25)26)23(17)22-20(27)16-3-1-2-4-18(16)24(28)29/h1-9,11H,10,12H2,(H,22,27)(H,25,26). The number of aromatic nitrogens is 1. The molecule has 0 aliphatic carbocycles. The van der Waals surface area contributed by atoms with Crippen molar-refractivity contribution in [3.05, 3.63) is 86.5 Å². The van der Waals surface area contributed by atoms with Crippen molar-refractivity contribution in [1.29, 1.82) is 0 Å². The average molecular weight is 458 g/mol. The molecule has 0 aliphatic heterocycles. The number of nitrogens with zero attached hydrogens (tertiary/aromatic N) is 2. The van der Waals surface area contributed by atoms with Crippen molar-refractivity contribution in [1.82, 2.24) is 4.68 Å². The lowest BCUT2D eigenvalue weighted by atomic mass is 10.1. The Bertz CT molecular complexity index is 1080. The van der Waals surface area contributed by atoms with Crippen LogP contribution in [0, 0.1) is 10.1 Å². The van der Waals surface area contributed by atoms with E-state index in [0.717, 1.165) is 10.0 Å². The van der Waals surface area contributed by atoms with Crippen LogP contribution in [0.5, 0.6) is 0 Å². The molecule has 8 nitrogen and oxygen atoms in total. The second-order valence-electron chi connectivity index (χ2n) is 6.16. The fraction of sp³-hybridized carbons (Fsp3) is 0.100. The third-order valence-corrected chi connectivity index (χ3v) is 4.78. The molecule has 29 heavy (non-hydrogen) atoms. The van der Waals surface area contributed by atoms with Crippen LogP contribution in [-0.2, 0) is 11.2 Å². The number of carboxylic acid groups (broad SMARTS) is 1. The molecule has 0 radical (unpaired) electrons. The van der Waals surface area contributed by atoms with Gasteiger partial charge in [-0.2, -0.15) is 0 Å². The van der Waals surface area contributed by atoms with E-state index in [1.54, 1.807) is 18.2 Å². The highest BCUT2D eigenvalue weighted by Gasteiger charge is 2.21. The summed E-state index contributed by atoms with van der Waals surface area (Å²) in [6, 6.07) is 16.5. The molecule has 0 unspecified atom stereocenters. The van der Waals surface area contributed by atoms with Crippen LogP contribution in [0.1, 0.15) is 22.5 Å². The van der Waals surface area contributed by atoms with Gasteiger partial charge in [0.15, 0.2) is 0 Å². The number of hydrogen-bond acceptors (Lipinski definition) is 4. The van der Waals surface area contributed by atoms with Gasteiger partial charge in [-0.05, 0) is 30.3 Å². The molecule has 0 bridgehead atoms. The van der Waals surface area contributed by atoms with Gasteiger partial charge in [-0.1, -0.05) is 40.2 Å². The smallest absolute Gasteiger partial charge is 0.303 e. The molecule has 3 rings (SSSR count). The number of nitro benzene ring substituents is 1. The number of amides is 1. The Hall–Kier alpha value is -3.46. The van der Waals surface area contributed by atoms with Crippen LogP contribution in [0.2, 0.25) is 0 Å². The van der Waals surface area contributed by atoms with Crippen LogP contribution in [-0.4, -0.2) is 26.6 Å². The van der Waals surface area contributed by atoms with Crippen molar-refractivity contribution in [2.24, 2.45) is 0 Å². The van der Waals surface area contributed by atoms with Gasteiger partial charge in [-0.3, -0.25) is 29.8 Å². The third kappa shape index (κ3) is 4.69. The van der Waals surface area contributed by atoms with Crippen LogP contribution in [0.3, 0.4) is 0 Å². The topological polar surface area (TPSA) is 114 Å². The van der Waals surface area contributed by atoms with E-state index in [1.807, 2.05) is 24.3 Å². The molecule has 0 atom stereocenters. The Morgan fingerprint density at radius 3 is 2.41 bits per heavy atom. The number of aryl methyl sites for hydroxylation is 1. The number of carboxylic acids is 1. The summed E-state index contributed by atoms with van der Waals surface area (Å²) in [7, 11) is 0. The van der Waals surface area contributed by atoms with Gasteiger partial charge in [0.25, 0.3) is 11.6 Å². The first-order valence-electron chi connectivity index (χ1n) is 8.60. The highest BCUT2D eigenvalue weighted by atomic mass is 79.9. The molecular formula is C20H16BrN3O5. The SMILES string of the molecule is O=C(O)CCc1ccc(-c2ccc(Br)cc2)n1NC(=O)c1ccccc1[N+](=O)[O-]. The highest BCUT2D eigenvalue weighted by molar-refractivity contribution is 9.10. The molecule has 1 heterocycles. The molecule has 1 aromatic heterocycles. The minimum atomic E-state index is -0.965. The van der Waals surface area contributed by atoms with Crippen molar-refractivity contribution in [3.8, 4) is 11.3 Å². The largest absolute Gasteiger partial charge is 0.481 e. The van der Waals surface area contributed by atoms with Crippen molar-refractivity contribution in [2.45, 2.75) is 12.8 Å². The predicted octanol–water partition coefficient (Wildman–Crippen LogP) is 4.23. The second-order valence-corrected chi connectivity index (χ2v) is 7.08. The Kier molecular flexibility index (Phi) is 6.08. The summed E-state index contributed by atoms with van der Waals surface area (Å²) < 4.78 is 2.36. The fourth-order valence-electron chi connectivity index (χ4n) is 2.87. The molecule has 0 saturated carbocycles. The Labute approximate surface area is 174 Å². The predicted molar refractivity (Wildman–Crippen MR) is 110 cm³/mol. The van der Waals surface area contributed by atoms with Gasteiger partial charge >= 0.3 is 5.97 Å². The molecule has 0 aliphatic rings. The van der Waals surface area contributed by atoms with E-state index in [9.17, 15) is 19.7 Å². The summed E-state index contributed by atoms with van der Waals surface area (Å²) in [6.45, 7) is 0. The lowest BCUT2D eigenvalue weighted by Gasteiger charge is -2.15. The zero-order chi connectivity index (χ0) is 21.0. The van der Waals surface area contributed by atoms with E-state index in [-0.39, 0.29) is 24.1 Å². The summed E-state index contributed by atoms with van der Waals surface area (Å²) in [5.74, 6) is -1.63. The van der Waals surface area contributed by atoms with Crippen molar-refractivity contribution < 1.29 is 19.6 Å². The van der Waals surface area contributed by atoms with E-state index in [1.165, 1.54) is 22.9 Å². The molecule has 0 saturated heterocycles. The molecule has 9 heteroatoms. The monoisotopic (exact) mass is 457 g/mol. The molecule has 3 aromatic rings. The molecule has 1 amide bonds. The van der Waals surface area contributed by atoms with Crippen molar-refractivity contribution >= 4 is 33.5 Å². The average Bonchev–Trinajstić information content (AvgIpc) is 3.09. The number of benzene rings is 2. The minimum Gasteiger partial charge on any atom is -0.481 e. The summed E-state index contributed by atoms with van der Waals surface area (Å²) in [6.07, 6.45) is 0.0637. The molecule has 148 valence electrons. The maximum atomic E-state index is 12.8. The number of halogens is 1. The van der Waals surface area contributed by atoms with Gasteiger partial charge < -0.3 is 5.11 Å². The first kappa shape index (κ1) is 20.3. The summed E-state index contributed by atoms with van der Waals surface area (Å²) in [5.41, 5.74) is 4.27. The van der Waals surface area contributed by atoms with E-state index >= 15 is 0 Å². The number of rotatable bonds is 7. The lowest BCUT2D eigenvalue weighted by Crippen LogP contribution is -2.26. The van der Waals surface area contributed by atoms with Crippen LogP contribution in [0.4, 0.5) is 5.69 Å². The number of nitro groups is 1. The number of hydrogen-bond donors (Lipinski definition) is 2. The first-order chi connectivity index (χ1) is 13.9. The lowest BCUT2D eigenvalue weighted by molar-refractivity contribution is -0.385. The van der Waals surface area contributed by atoms with Gasteiger partial charge in [0.05, 0.1) is 17.0 Å². The summed E-state index contributed by atoms with van der Waals surface area (Å²) in [5, 5.41) is 20.2. The van der Waals surface area contributed by atoms with Crippen LogP contribution >= 0.6 is 15.9 Å². The number of aliphatic carboxylic acids is 1. The molecule has 2 N–H and O–H groups in total. The Morgan fingerprint density at radius 2 is 1.76 bits per heavy atom. The first-order valence-corrected chi connectivity index (χ1v) is 9.39. The number of carbonyl (C=O) groups excluding carboxylic acids is 1. The molecular weight excluding hydrogens is 442 g/mol. The van der Waals surface area contributed by atoms with Gasteiger partial charge in [0.2, 0.25) is 0 Å². The van der Waals surface area contributed by atoms with Gasteiger partial charge in [0.1, 0.15) is 5.56 Å². The number of para-hydroxylation sites is 1. The van der Waals surface area contributed by atoms with Gasteiger partial charge in [-0.15, -0.1) is 0 Å².